The topological polar surface area (TPSA) is 46.2 Å². The molecule has 0 aliphatic rings. The van der Waals surface area contributed by atoms with Crippen LogP contribution in [-0.2, 0) is 11.2 Å². The standard InChI is InChI=1S/C22H18BrNO2S/c23-18-8-6-17(7-9-18)21(25)15-27-20-12-10-19(11-13-20)24-22(26)14-16-4-2-1-3-5-16/h1-13H,14-15H2,(H,24,26). The summed E-state index contributed by atoms with van der Waals surface area (Å²) in [6.45, 7) is 0. The van der Waals surface area contributed by atoms with E-state index in [1.165, 1.54) is 11.8 Å². The number of carbonyl (C=O) groups is 2. The van der Waals surface area contributed by atoms with Crippen LogP contribution in [0.15, 0.2) is 88.2 Å². The van der Waals surface area contributed by atoms with Crippen LogP contribution in [0.5, 0.6) is 0 Å². The highest BCUT2D eigenvalue weighted by Crippen LogP contribution is 2.22. The lowest BCUT2D eigenvalue weighted by Crippen LogP contribution is -2.14. The normalized spacial score (nSPS) is 10.4. The number of rotatable bonds is 7. The van der Waals surface area contributed by atoms with Crippen molar-refractivity contribution in [1.29, 1.82) is 0 Å². The predicted molar refractivity (Wildman–Crippen MR) is 114 cm³/mol. The number of Topliss-reactive ketones (excluding diaryl/α,β-unsaturated/α-hetero) is 1. The number of benzene rings is 3. The third-order valence-electron chi connectivity index (χ3n) is 3.88. The average molecular weight is 440 g/mol. The Hall–Kier alpha value is -2.37. The molecule has 0 saturated carbocycles. The van der Waals surface area contributed by atoms with Crippen LogP contribution in [0.25, 0.3) is 0 Å². The van der Waals surface area contributed by atoms with Gasteiger partial charge in [0.15, 0.2) is 5.78 Å². The van der Waals surface area contributed by atoms with Crippen LogP contribution in [0, 0.1) is 0 Å². The summed E-state index contributed by atoms with van der Waals surface area (Å²) >= 11 is 4.85. The Kier molecular flexibility index (Phi) is 6.85. The lowest BCUT2D eigenvalue weighted by atomic mass is 10.1. The Morgan fingerprint density at radius 2 is 1.52 bits per heavy atom. The van der Waals surface area contributed by atoms with Crippen LogP contribution >= 0.6 is 27.7 Å². The van der Waals surface area contributed by atoms with Crippen molar-refractivity contribution in [3.63, 3.8) is 0 Å². The van der Waals surface area contributed by atoms with Gasteiger partial charge in [-0.3, -0.25) is 9.59 Å². The van der Waals surface area contributed by atoms with Gasteiger partial charge in [-0.15, -0.1) is 11.8 Å². The minimum absolute atomic E-state index is 0.0491. The summed E-state index contributed by atoms with van der Waals surface area (Å²) in [7, 11) is 0. The van der Waals surface area contributed by atoms with Crippen molar-refractivity contribution in [1.82, 2.24) is 0 Å². The molecule has 0 heterocycles. The van der Waals surface area contributed by atoms with Gasteiger partial charge < -0.3 is 5.32 Å². The Morgan fingerprint density at radius 3 is 2.19 bits per heavy atom. The highest BCUT2D eigenvalue weighted by atomic mass is 79.9. The average Bonchev–Trinajstić information content (AvgIpc) is 2.68. The van der Waals surface area contributed by atoms with Crippen LogP contribution in [0.1, 0.15) is 15.9 Å². The summed E-state index contributed by atoms with van der Waals surface area (Å²) in [6, 6.07) is 24.5. The summed E-state index contributed by atoms with van der Waals surface area (Å²) in [6.07, 6.45) is 0.346. The summed E-state index contributed by atoms with van der Waals surface area (Å²) < 4.78 is 0.955. The lowest BCUT2D eigenvalue weighted by molar-refractivity contribution is -0.115. The van der Waals surface area contributed by atoms with Gasteiger partial charge in [0.25, 0.3) is 0 Å². The molecule has 3 nitrogen and oxygen atoms in total. The molecule has 136 valence electrons. The maximum atomic E-state index is 12.2. The van der Waals surface area contributed by atoms with Gasteiger partial charge >= 0.3 is 0 Å². The summed E-state index contributed by atoms with van der Waals surface area (Å²) in [5, 5.41) is 2.89. The van der Waals surface area contributed by atoms with Crippen molar-refractivity contribution in [3.8, 4) is 0 Å². The fraction of sp³-hybridized carbons (Fsp3) is 0.0909. The monoisotopic (exact) mass is 439 g/mol. The van der Waals surface area contributed by atoms with Gasteiger partial charge in [-0.05, 0) is 42.0 Å². The zero-order valence-electron chi connectivity index (χ0n) is 14.5. The zero-order chi connectivity index (χ0) is 19.1. The number of nitrogens with one attached hydrogen (secondary N) is 1. The number of carbonyl (C=O) groups excluding carboxylic acids is 2. The van der Waals surface area contributed by atoms with Crippen LogP contribution in [0.3, 0.4) is 0 Å². The fourth-order valence-corrected chi connectivity index (χ4v) is 3.55. The number of anilines is 1. The van der Waals surface area contributed by atoms with E-state index >= 15 is 0 Å². The zero-order valence-corrected chi connectivity index (χ0v) is 16.9. The van der Waals surface area contributed by atoms with E-state index in [4.69, 9.17) is 0 Å². The molecule has 0 aliphatic carbocycles. The number of ketones is 1. The van der Waals surface area contributed by atoms with Crippen LogP contribution in [0.2, 0.25) is 0 Å². The lowest BCUT2D eigenvalue weighted by Gasteiger charge is -2.07. The van der Waals surface area contributed by atoms with Gasteiger partial charge in [0, 0.05) is 20.6 Å². The van der Waals surface area contributed by atoms with Crippen LogP contribution in [0.4, 0.5) is 5.69 Å². The van der Waals surface area contributed by atoms with Gasteiger partial charge in [-0.1, -0.05) is 58.4 Å². The smallest absolute Gasteiger partial charge is 0.228 e. The molecule has 5 heteroatoms. The molecule has 0 aliphatic heterocycles. The van der Waals surface area contributed by atoms with Gasteiger partial charge in [-0.2, -0.15) is 0 Å². The quantitative estimate of drug-likeness (QED) is 0.384. The Bertz CT molecular complexity index is 909. The van der Waals surface area contributed by atoms with E-state index in [-0.39, 0.29) is 11.7 Å². The number of halogens is 1. The molecule has 0 fully saturated rings. The SMILES string of the molecule is O=C(Cc1ccccc1)Nc1ccc(SCC(=O)c2ccc(Br)cc2)cc1. The Labute approximate surface area is 171 Å². The maximum Gasteiger partial charge on any atom is 0.228 e. The van der Waals surface area contributed by atoms with E-state index in [9.17, 15) is 9.59 Å². The van der Waals surface area contributed by atoms with E-state index < -0.39 is 0 Å². The molecule has 3 aromatic carbocycles. The molecule has 1 amide bonds. The number of thioether (sulfide) groups is 1. The van der Waals surface area contributed by atoms with E-state index in [2.05, 4.69) is 21.2 Å². The van der Waals surface area contributed by atoms with Gasteiger partial charge in [0.05, 0.1) is 12.2 Å². The molecule has 1 N–H and O–H groups in total. The van der Waals surface area contributed by atoms with Crippen molar-refractivity contribution >= 4 is 45.1 Å². The van der Waals surface area contributed by atoms with Crippen molar-refractivity contribution in [2.24, 2.45) is 0 Å². The molecule has 27 heavy (non-hydrogen) atoms. The van der Waals surface area contributed by atoms with E-state index in [0.29, 0.717) is 17.7 Å². The first-order chi connectivity index (χ1) is 13.1. The summed E-state index contributed by atoms with van der Waals surface area (Å²) in [5.41, 5.74) is 2.43. The molecular weight excluding hydrogens is 422 g/mol. The van der Waals surface area contributed by atoms with E-state index in [1.807, 2.05) is 78.9 Å². The predicted octanol–water partition coefficient (Wildman–Crippen LogP) is 5.61. The maximum absolute atomic E-state index is 12.2. The molecule has 0 saturated heterocycles. The van der Waals surface area contributed by atoms with Crippen LogP contribution < -0.4 is 5.32 Å². The highest BCUT2D eigenvalue weighted by molar-refractivity contribution is 9.10. The van der Waals surface area contributed by atoms with Crippen molar-refractivity contribution in [3.05, 3.63) is 94.5 Å². The van der Waals surface area contributed by atoms with Crippen molar-refractivity contribution < 1.29 is 9.59 Å². The minimum Gasteiger partial charge on any atom is -0.326 e. The third kappa shape index (κ3) is 6.08. The Morgan fingerprint density at radius 1 is 0.852 bits per heavy atom. The van der Waals surface area contributed by atoms with Gasteiger partial charge in [0.2, 0.25) is 5.91 Å². The second-order valence-electron chi connectivity index (χ2n) is 5.95. The van der Waals surface area contributed by atoms with Crippen molar-refractivity contribution in [2.45, 2.75) is 11.3 Å². The molecule has 0 unspecified atom stereocenters. The van der Waals surface area contributed by atoms with E-state index in [0.717, 1.165) is 20.6 Å². The number of amides is 1. The highest BCUT2D eigenvalue weighted by Gasteiger charge is 2.07. The second-order valence-corrected chi connectivity index (χ2v) is 7.92. The van der Waals surface area contributed by atoms with Gasteiger partial charge in [0.1, 0.15) is 0 Å². The molecule has 0 spiro atoms. The first-order valence-electron chi connectivity index (χ1n) is 8.45. The molecule has 0 radical (unpaired) electrons. The fourth-order valence-electron chi connectivity index (χ4n) is 2.49. The molecule has 3 rings (SSSR count). The van der Waals surface area contributed by atoms with Crippen molar-refractivity contribution in [2.75, 3.05) is 11.1 Å². The van der Waals surface area contributed by atoms with E-state index in [1.54, 1.807) is 0 Å². The first-order valence-corrected chi connectivity index (χ1v) is 10.2. The van der Waals surface area contributed by atoms with Gasteiger partial charge in [-0.25, -0.2) is 0 Å². The molecule has 0 atom stereocenters. The Balaban J connectivity index is 1.50. The third-order valence-corrected chi connectivity index (χ3v) is 5.42. The van der Waals surface area contributed by atoms with Crippen LogP contribution in [-0.4, -0.2) is 17.4 Å². The summed E-state index contributed by atoms with van der Waals surface area (Å²) in [5.74, 6) is 0.418. The second kappa shape index (κ2) is 9.53. The first kappa shape index (κ1) is 19.4. The summed E-state index contributed by atoms with van der Waals surface area (Å²) in [4.78, 5) is 25.3. The molecule has 3 aromatic rings. The minimum atomic E-state index is -0.0491. The molecule has 0 aromatic heterocycles. The molecule has 0 bridgehead atoms. The number of hydrogen-bond donors (Lipinski definition) is 1. The number of hydrogen-bond acceptors (Lipinski definition) is 3. The largest absolute Gasteiger partial charge is 0.326 e. The molecular formula is C22H18BrNO2S.